The van der Waals surface area contributed by atoms with E-state index in [4.69, 9.17) is 16.7 Å². The minimum Gasteiger partial charge on any atom is -0.481 e. The van der Waals surface area contributed by atoms with Crippen LogP contribution in [0.15, 0.2) is 14.1 Å². The lowest BCUT2D eigenvalue weighted by Crippen LogP contribution is -2.52. The summed E-state index contributed by atoms with van der Waals surface area (Å²) in [5, 5.41) is 9.02. The number of carboxylic acid groups (broad SMARTS) is 1. The lowest BCUT2D eigenvalue weighted by molar-refractivity contribution is -0.145. The van der Waals surface area contributed by atoms with Gasteiger partial charge in [-0.3, -0.25) is 4.79 Å². The predicted octanol–water partition coefficient (Wildman–Crippen LogP) is 1.87. The van der Waals surface area contributed by atoms with Crippen molar-refractivity contribution in [1.82, 2.24) is 4.31 Å². The number of rotatable bonds is 3. The van der Waals surface area contributed by atoms with E-state index in [-0.39, 0.29) is 17.3 Å². The van der Waals surface area contributed by atoms with Crippen molar-refractivity contribution in [3.05, 3.63) is 14.9 Å². The minimum atomic E-state index is -3.60. The Balaban J connectivity index is 2.19. The maximum Gasteiger partial charge on any atom is 0.309 e. The molecule has 9 heteroatoms. The second kappa shape index (κ2) is 4.51. The van der Waals surface area contributed by atoms with Crippen LogP contribution in [-0.4, -0.2) is 36.9 Å². The summed E-state index contributed by atoms with van der Waals surface area (Å²) in [6.45, 7) is 0.0373. The number of aliphatic carboxylic acids is 1. The van der Waals surface area contributed by atoms with Gasteiger partial charge in [-0.2, -0.15) is 4.31 Å². The number of thiophene rings is 1. The van der Waals surface area contributed by atoms with Gasteiger partial charge in [-0.05, 0) is 22.0 Å². The molecule has 0 unspecified atom stereocenters. The Morgan fingerprint density at radius 1 is 1.59 bits per heavy atom. The van der Waals surface area contributed by atoms with Crippen molar-refractivity contribution in [2.24, 2.45) is 5.92 Å². The largest absolute Gasteiger partial charge is 0.481 e. The van der Waals surface area contributed by atoms with Gasteiger partial charge in [0.05, 0.1) is 14.7 Å². The van der Waals surface area contributed by atoms with E-state index >= 15 is 0 Å². The summed E-state index contributed by atoms with van der Waals surface area (Å²) in [7, 11) is -3.60. The molecule has 17 heavy (non-hydrogen) atoms. The highest BCUT2D eigenvalue weighted by Gasteiger charge is 2.41. The number of carboxylic acids is 1. The monoisotopic (exact) mass is 359 g/mol. The van der Waals surface area contributed by atoms with Crippen LogP contribution in [0, 0.1) is 5.92 Å². The molecule has 2 rings (SSSR count). The Hall–Kier alpha value is -0.150. The van der Waals surface area contributed by atoms with E-state index in [1.807, 2.05) is 0 Å². The Labute approximate surface area is 115 Å². The van der Waals surface area contributed by atoms with Gasteiger partial charge in [0.25, 0.3) is 10.0 Å². The molecule has 1 aromatic heterocycles. The van der Waals surface area contributed by atoms with E-state index in [9.17, 15) is 13.2 Å². The maximum absolute atomic E-state index is 12.0. The quantitative estimate of drug-likeness (QED) is 0.893. The summed E-state index contributed by atoms with van der Waals surface area (Å²) in [6.07, 6.45) is 0. The molecule has 0 bridgehead atoms. The molecular formula is C8H7BrClNO4S2. The fraction of sp³-hybridized carbons (Fsp3) is 0.375. The molecular weight excluding hydrogens is 354 g/mol. The van der Waals surface area contributed by atoms with Gasteiger partial charge < -0.3 is 5.11 Å². The van der Waals surface area contributed by atoms with E-state index in [2.05, 4.69) is 15.9 Å². The molecule has 1 N–H and O–H groups in total. The highest BCUT2D eigenvalue weighted by atomic mass is 79.9. The van der Waals surface area contributed by atoms with E-state index in [0.29, 0.717) is 8.81 Å². The van der Waals surface area contributed by atoms with Crippen molar-refractivity contribution >= 4 is 54.9 Å². The molecule has 1 saturated heterocycles. The van der Waals surface area contributed by atoms with Crippen LogP contribution in [0.5, 0.6) is 0 Å². The molecule has 2 heterocycles. The topological polar surface area (TPSA) is 74.7 Å². The zero-order chi connectivity index (χ0) is 12.8. The summed E-state index contributed by atoms with van der Waals surface area (Å²) in [6, 6.07) is 1.36. The van der Waals surface area contributed by atoms with Crippen LogP contribution in [0.2, 0.25) is 5.02 Å². The van der Waals surface area contributed by atoms with Crippen LogP contribution in [0.3, 0.4) is 0 Å². The molecule has 0 radical (unpaired) electrons. The first-order chi connectivity index (χ1) is 7.82. The van der Waals surface area contributed by atoms with Crippen molar-refractivity contribution in [3.63, 3.8) is 0 Å². The van der Waals surface area contributed by atoms with Crippen molar-refractivity contribution < 1.29 is 18.3 Å². The lowest BCUT2D eigenvalue weighted by atomic mass is 10.0. The first-order valence-electron chi connectivity index (χ1n) is 4.50. The number of hydrogen-bond acceptors (Lipinski definition) is 4. The molecule has 1 aliphatic heterocycles. The summed E-state index contributed by atoms with van der Waals surface area (Å²) in [5.41, 5.74) is 0. The Bertz CT molecular complexity index is 545. The highest BCUT2D eigenvalue weighted by Crippen LogP contribution is 2.37. The number of halogens is 2. The molecule has 0 atom stereocenters. The predicted molar refractivity (Wildman–Crippen MR) is 66.9 cm³/mol. The van der Waals surface area contributed by atoms with Gasteiger partial charge in [0.1, 0.15) is 4.21 Å². The second-order valence-corrected chi connectivity index (χ2v) is 8.49. The normalized spacial score (nSPS) is 18.0. The molecule has 1 aromatic rings. The lowest BCUT2D eigenvalue weighted by Gasteiger charge is -2.34. The van der Waals surface area contributed by atoms with Crippen molar-refractivity contribution in [3.8, 4) is 0 Å². The molecule has 5 nitrogen and oxygen atoms in total. The summed E-state index contributed by atoms with van der Waals surface area (Å²) in [4.78, 5) is 10.6. The van der Waals surface area contributed by atoms with Gasteiger partial charge in [-0.15, -0.1) is 11.3 Å². The maximum atomic E-state index is 12.0. The third-order valence-corrected chi connectivity index (χ3v) is 7.17. The molecule has 94 valence electrons. The van der Waals surface area contributed by atoms with Crippen LogP contribution in [0.4, 0.5) is 0 Å². The number of hydrogen-bond donors (Lipinski definition) is 1. The van der Waals surface area contributed by atoms with Gasteiger partial charge in [-0.1, -0.05) is 11.6 Å². The third-order valence-electron chi connectivity index (χ3n) is 2.41. The molecule has 0 aliphatic carbocycles. The molecule has 1 aliphatic rings. The molecule has 0 saturated carbocycles. The van der Waals surface area contributed by atoms with E-state index < -0.39 is 21.9 Å². The van der Waals surface area contributed by atoms with Crippen LogP contribution in [0.1, 0.15) is 0 Å². The fourth-order valence-electron chi connectivity index (χ4n) is 1.37. The van der Waals surface area contributed by atoms with Crippen molar-refractivity contribution in [1.29, 1.82) is 0 Å². The number of carbonyl (C=O) groups is 1. The number of nitrogens with zero attached hydrogens (tertiary/aromatic N) is 1. The first-order valence-corrected chi connectivity index (χ1v) is 7.93. The van der Waals surface area contributed by atoms with Crippen molar-refractivity contribution in [2.75, 3.05) is 13.1 Å². The minimum absolute atomic E-state index is 0.0187. The van der Waals surface area contributed by atoms with Gasteiger partial charge in [0, 0.05) is 13.1 Å². The Morgan fingerprint density at radius 3 is 2.59 bits per heavy atom. The summed E-state index contributed by atoms with van der Waals surface area (Å²) in [5.74, 6) is -1.58. The summed E-state index contributed by atoms with van der Waals surface area (Å²) >= 11 is 9.93. The number of sulfonamides is 1. The third kappa shape index (κ3) is 2.37. The first kappa shape index (κ1) is 13.3. The Kier molecular flexibility index (Phi) is 3.52. The Morgan fingerprint density at radius 2 is 2.18 bits per heavy atom. The average molecular weight is 361 g/mol. The smallest absolute Gasteiger partial charge is 0.309 e. The molecule has 1 fully saturated rings. The zero-order valence-corrected chi connectivity index (χ0v) is 12.2. The summed E-state index contributed by atoms with van der Waals surface area (Å²) < 4.78 is 25.8. The van der Waals surface area contributed by atoms with Gasteiger partial charge in [0.15, 0.2) is 0 Å². The van der Waals surface area contributed by atoms with Crippen LogP contribution < -0.4 is 0 Å². The highest BCUT2D eigenvalue weighted by molar-refractivity contribution is 9.11. The zero-order valence-electron chi connectivity index (χ0n) is 8.26. The fourth-order valence-corrected chi connectivity index (χ4v) is 5.46. The second-order valence-electron chi connectivity index (χ2n) is 3.54. The molecule has 0 aromatic carbocycles. The van der Waals surface area contributed by atoms with E-state index in [1.165, 1.54) is 6.07 Å². The van der Waals surface area contributed by atoms with Gasteiger partial charge in [-0.25, -0.2) is 8.42 Å². The van der Waals surface area contributed by atoms with Gasteiger partial charge in [0.2, 0.25) is 0 Å². The SMILES string of the molecule is O=C(O)C1CN(S(=O)(=O)c2cc(Cl)c(Br)s2)C1. The molecule has 0 spiro atoms. The van der Waals surface area contributed by atoms with E-state index in [0.717, 1.165) is 15.6 Å². The molecule has 0 amide bonds. The van der Waals surface area contributed by atoms with Gasteiger partial charge >= 0.3 is 5.97 Å². The van der Waals surface area contributed by atoms with Crippen LogP contribution >= 0.6 is 38.9 Å². The average Bonchev–Trinajstić information content (AvgIpc) is 2.43. The van der Waals surface area contributed by atoms with Crippen molar-refractivity contribution in [2.45, 2.75) is 4.21 Å². The van der Waals surface area contributed by atoms with Crippen LogP contribution in [-0.2, 0) is 14.8 Å². The van der Waals surface area contributed by atoms with Crippen LogP contribution in [0.25, 0.3) is 0 Å². The van der Waals surface area contributed by atoms with E-state index in [1.54, 1.807) is 0 Å². The standard InChI is InChI=1S/C8H7BrClNO4S2/c9-7-5(10)1-6(16-7)17(14,15)11-2-4(3-11)8(12)13/h1,4H,2-3H2,(H,12,13).